The van der Waals surface area contributed by atoms with Crippen LogP contribution in [0.2, 0.25) is 0 Å². The van der Waals surface area contributed by atoms with Crippen LogP contribution in [0, 0.1) is 11.7 Å². The molecule has 6 nitrogen and oxygen atoms in total. The monoisotopic (exact) mass is 337 g/mol. The maximum atomic E-state index is 13.7. The van der Waals surface area contributed by atoms with E-state index in [0.717, 1.165) is 6.42 Å². The van der Waals surface area contributed by atoms with Gasteiger partial charge in [-0.15, -0.1) is 0 Å². The van der Waals surface area contributed by atoms with Gasteiger partial charge in [-0.3, -0.25) is 14.4 Å². The van der Waals surface area contributed by atoms with Crippen molar-refractivity contribution >= 4 is 17.7 Å². The number of nitrogens with one attached hydrogen (secondary N) is 3. The van der Waals surface area contributed by atoms with Crippen LogP contribution in [0.25, 0.3) is 0 Å². The average molecular weight is 337 g/mol. The Morgan fingerprint density at radius 2 is 1.79 bits per heavy atom. The molecule has 132 valence electrons. The highest BCUT2D eigenvalue weighted by Crippen LogP contribution is 2.08. The van der Waals surface area contributed by atoms with Crippen LogP contribution in [-0.4, -0.2) is 36.9 Å². The average Bonchev–Trinajstić information content (AvgIpc) is 2.55. The Morgan fingerprint density at radius 3 is 2.38 bits per heavy atom. The summed E-state index contributed by atoms with van der Waals surface area (Å²) in [5.74, 6) is -2.33. The van der Waals surface area contributed by atoms with Crippen molar-refractivity contribution in [2.75, 3.05) is 13.1 Å². The molecule has 0 radical (unpaired) electrons. The van der Waals surface area contributed by atoms with Gasteiger partial charge in [0.25, 0.3) is 5.91 Å². The van der Waals surface area contributed by atoms with Gasteiger partial charge in [-0.25, -0.2) is 4.39 Å². The molecule has 0 heterocycles. The second-order valence-electron chi connectivity index (χ2n) is 5.74. The van der Waals surface area contributed by atoms with Gasteiger partial charge in [0.1, 0.15) is 11.9 Å². The summed E-state index contributed by atoms with van der Waals surface area (Å²) < 4.78 is 13.7. The molecule has 7 heteroatoms. The number of benzene rings is 1. The molecule has 0 saturated carbocycles. The lowest BCUT2D eigenvalue weighted by atomic mass is 10.0. The van der Waals surface area contributed by atoms with E-state index in [0.29, 0.717) is 6.54 Å². The molecule has 0 spiro atoms. The third kappa shape index (κ3) is 5.98. The largest absolute Gasteiger partial charge is 0.355 e. The number of hydrogen-bond donors (Lipinski definition) is 3. The van der Waals surface area contributed by atoms with E-state index in [9.17, 15) is 18.8 Å². The van der Waals surface area contributed by atoms with Crippen LogP contribution in [0.4, 0.5) is 4.39 Å². The molecule has 0 aromatic heterocycles. The van der Waals surface area contributed by atoms with Crippen molar-refractivity contribution in [1.82, 2.24) is 16.0 Å². The van der Waals surface area contributed by atoms with Crippen LogP contribution in [0.15, 0.2) is 24.3 Å². The van der Waals surface area contributed by atoms with Gasteiger partial charge in [0.2, 0.25) is 11.8 Å². The third-order valence-electron chi connectivity index (χ3n) is 3.35. The number of hydrogen-bond acceptors (Lipinski definition) is 3. The molecule has 3 N–H and O–H groups in total. The predicted molar refractivity (Wildman–Crippen MR) is 88.8 cm³/mol. The van der Waals surface area contributed by atoms with Crippen molar-refractivity contribution in [1.29, 1.82) is 0 Å². The fourth-order valence-electron chi connectivity index (χ4n) is 2.00. The van der Waals surface area contributed by atoms with Crippen molar-refractivity contribution < 1.29 is 18.8 Å². The van der Waals surface area contributed by atoms with Crippen LogP contribution in [0.3, 0.4) is 0 Å². The molecule has 24 heavy (non-hydrogen) atoms. The van der Waals surface area contributed by atoms with E-state index < -0.39 is 23.7 Å². The SMILES string of the molecule is CCCNC(=O)CNC(=O)C(NC(=O)c1ccccc1F)C(C)C. The number of halogens is 1. The lowest BCUT2D eigenvalue weighted by Crippen LogP contribution is -2.51. The summed E-state index contributed by atoms with van der Waals surface area (Å²) in [6.45, 7) is 5.79. The van der Waals surface area contributed by atoms with Crippen molar-refractivity contribution in [2.24, 2.45) is 5.92 Å². The minimum absolute atomic E-state index is 0.128. The lowest BCUT2D eigenvalue weighted by Gasteiger charge is -2.21. The van der Waals surface area contributed by atoms with Crippen molar-refractivity contribution in [3.05, 3.63) is 35.6 Å². The van der Waals surface area contributed by atoms with Gasteiger partial charge in [-0.2, -0.15) is 0 Å². The molecule has 1 rings (SSSR count). The highest BCUT2D eigenvalue weighted by molar-refractivity contribution is 5.98. The van der Waals surface area contributed by atoms with Gasteiger partial charge in [0, 0.05) is 6.54 Å². The molecule has 0 saturated heterocycles. The molecule has 0 aliphatic heterocycles. The zero-order chi connectivity index (χ0) is 18.1. The van der Waals surface area contributed by atoms with Gasteiger partial charge in [-0.05, 0) is 24.5 Å². The first-order valence-corrected chi connectivity index (χ1v) is 7.96. The molecular formula is C17H24FN3O3. The fraction of sp³-hybridized carbons (Fsp3) is 0.471. The van der Waals surface area contributed by atoms with Gasteiger partial charge in [0.05, 0.1) is 12.1 Å². The number of rotatable bonds is 8. The predicted octanol–water partition coefficient (Wildman–Crippen LogP) is 1.22. The summed E-state index contributed by atoms with van der Waals surface area (Å²) >= 11 is 0. The quantitative estimate of drug-likeness (QED) is 0.667. The van der Waals surface area contributed by atoms with Gasteiger partial charge in [-0.1, -0.05) is 32.9 Å². The highest BCUT2D eigenvalue weighted by atomic mass is 19.1. The zero-order valence-corrected chi connectivity index (χ0v) is 14.2. The van der Waals surface area contributed by atoms with E-state index in [1.54, 1.807) is 19.9 Å². The van der Waals surface area contributed by atoms with Crippen LogP contribution >= 0.6 is 0 Å². The first-order chi connectivity index (χ1) is 11.4. The minimum atomic E-state index is -0.865. The molecule has 1 unspecified atom stereocenters. The zero-order valence-electron chi connectivity index (χ0n) is 14.2. The van der Waals surface area contributed by atoms with Crippen LogP contribution < -0.4 is 16.0 Å². The fourth-order valence-corrected chi connectivity index (χ4v) is 2.00. The van der Waals surface area contributed by atoms with Crippen LogP contribution in [0.1, 0.15) is 37.6 Å². The maximum Gasteiger partial charge on any atom is 0.254 e. The van der Waals surface area contributed by atoms with Crippen LogP contribution in [0.5, 0.6) is 0 Å². The Bertz CT molecular complexity index is 590. The van der Waals surface area contributed by atoms with Gasteiger partial charge >= 0.3 is 0 Å². The highest BCUT2D eigenvalue weighted by Gasteiger charge is 2.25. The summed E-state index contributed by atoms with van der Waals surface area (Å²) in [4.78, 5) is 35.9. The van der Waals surface area contributed by atoms with E-state index >= 15 is 0 Å². The molecule has 3 amide bonds. The first kappa shape index (κ1) is 19.6. The molecule has 0 bridgehead atoms. The third-order valence-corrected chi connectivity index (χ3v) is 3.35. The number of carbonyl (C=O) groups is 3. The van der Waals surface area contributed by atoms with Gasteiger partial charge < -0.3 is 16.0 Å². The van der Waals surface area contributed by atoms with E-state index in [2.05, 4.69) is 16.0 Å². The summed E-state index contributed by atoms with van der Waals surface area (Å²) in [6.07, 6.45) is 0.799. The maximum absolute atomic E-state index is 13.7. The Hall–Kier alpha value is -2.44. The van der Waals surface area contributed by atoms with Crippen molar-refractivity contribution in [3.63, 3.8) is 0 Å². The smallest absolute Gasteiger partial charge is 0.254 e. The number of carbonyl (C=O) groups excluding carboxylic acids is 3. The summed E-state index contributed by atoms with van der Waals surface area (Å²) in [7, 11) is 0. The van der Waals surface area contributed by atoms with Crippen molar-refractivity contribution in [2.45, 2.75) is 33.2 Å². The lowest BCUT2D eigenvalue weighted by molar-refractivity contribution is -0.127. The second-order valence-corrected chi connectivity index (χ2v) is 5.74. The minimum Gasteiger partial charge on any atom is -0.355 e. The van der Waals surface area contributed by atoms with E-state index in [1.807, 2.05) is 6.92 Å². The molecule has 1 atom stereocenters. The van der Waals surface area contributed by atoms with Crippen molar-refractivity contribution in [3.8, 4) is 0 Å². The van der Waals surface area contributed by atoms with E-state index in [-0.39, 0.29) is 23.9 Å². The van der Waals surface area contributed by atoms with Gasteiger partial charge in [0.15, 0.2) is 0 Å². The number of amides is 3. The van der Waals surface area contributed by atoms with Crippen LogP contribution in [-0.2, 0) is 9.59 Å². The summed E-state index contributed by atoms with van der Waals surface area (Å²) in [5, 5.41) is 7.64. The molecule has 1 aromatic carbocycles. The van der Waals surface area contributed by atoms with E-state index in [4.69, 9.17) is 0 Å². The molecule has 0 aliphatic carbocycles. The molecular weight excluding hydrogens is 313 g/mol. The summed E-state index contributed by atoms with van der Waals surface area (Å²) in [5.41, 5.74) is -0.128. The molecule has 1 aromatic rings. The Kier molecular flexibility index (Phi) is 7.88. The Balaban J connectivity index is 2.66. The normalized spacial score (nSPS) is 11.7. The topological polar surface area (TPSA) is 87.3 Å². The Morgan fingerprint density at radius 1 is 1.12 bits per heavy atom. The summed E-state index contributed by atoms with van der Waals surface area (Å²) in [6, 6.07) is 4.68. The second kappa shape index (κ2) is 9.64. The Labute approximate surface area is 141 Å². The standard InChI is InChI=1S/C17H24FN3O3/c1-4-9-19-14(22)10-20-17(24)15(11(2)3)21-16(23)12-7-5-6-8-13(12)18/h5-8,11,15H,4,9-10H2,1-3H3,(H,19,22)(H,20,24)(H,21,23). The molecule has 0 aliphatic rings. The van der Waals surface area contributed by atoms with E-state index in [1.165, 1.54) is 18.2 Å². The first-order valence-electron chi connectivity index (χ1n) is 7.96. The molecule has 0 fully saturated rings.